The summed E-state index contributed by atoms with van der Waals surface area (Å²) in [6, 6.07) is 6.61. The average molecular weight is 411 g/mol. The highest BCUT2D eigenvalue weighted by Gasteiger charge is 2.20. The number of thiophene rings is 1. The smallest absolute Gasteiger partial charge is 0.264 e. The zero-order valence-electron chi connectivity index (χ0n) is 15.5. The molecular formula is C18H26N4O3S2. The van der Waals surface area contributed by atoms with Crippen molar-refractivity contribution in [2.24, 2.45) is 0 Å². The fraction of sp³-hybridized carbons (Fsp3) is 0.556. The molecule has 1 atom stereocenters. The molecule has 1 unspecified atom stereocenters. The van der Waals surface area contributed by atoms with Crippen molar-refractivity contribution < 1.29 is 8.42 Å². The lowest BCUT2D eigenvalue weighted by atomic mass is 10.2. The maximum atomic E-state index is 12.6. The number of aromatic amines is 1. The van der Waals surface area contributed by atoms with Gasteiger partial charge < -0.3 is 4.90 Å². The van der Waals surface area contributed by atoms with Crippen LogP contribution in [-0.4, -0.2) is 49.2 Å². The van der Waals surface area contributed by atoms with Crippen molar-refractivity contribution in [1.29, 1.82) is 0 Å². The predicted octanol–water partition coefficient (Wildman–Crippen LogP) is 2.43. The van der Waals surface area contributed by atoms with E-state index in [-0.39, 0.29) is 9.77 Å². The molecule has 2 aromatic heterocycles. The van der Waals surface area contributed by atoms with Crippen molar-refractivity contribution in [2.45, 2.75) is 49.3 Å². The molecule has 9 heteroatoms. The van der Waals surface area contributed by atoms with Crippen molar-refractivity contribution in [1.82, 2.24) is 19.8 Å². The van der Waals surface area contributed by atoms with Crippen LogP contribution in [0.2, 0.25) is 0 Å². The zero-order valence-corrected chi connectivity index (χ0v) is 17.1. The van der Waals surface area contributed by atoms with Crippen LogP contribution in [0.25, 0.3) is 10.6 Å². The van der Waals surface area contributed by atoms with Crippen molar-refractivity contribution in [3.8, 4) is 10.6 Å². The third-order valence-electron chi connectivity index (χ3n) is 4.90. The first-order chi connectivity index (χ1) is 13.0. The van der Waals surface area contributed by atoms with Crippen LogP contribution >= 0.6 is 11.3 Å². The van der Waals surface area contributed by atoms with Crippen LogP contribution in [0, 0.1) is 0 Å². The first-order valence-corrected chi connectivity index (χ1v) is 11.7. The molecule has 2 N–H and O–H groups in total. The molecule has 0 radical (unpaired) electrons. The summed E-state index contributed by atoms with van der Waals surface area (Å²) in [6.45, 7) is 4.80. The molecule has 27 heavy (non-hydrogen) atoms. The van der Waals surface area contributed by atoms with Crippen LogP contribution < -0.4 is 10.3 Å². The summed E-state index contributed by atoms with van der Waals surface area (Å²) < 4.78 is 28.1. The number of H-pyrrole nitrogens is 1. The summed E-state index contributed by atoms with van der Waals surface area (Å²) in [5.41, 5.74) is 0.263. The van der Waals surface area contributed by atoms with Crippen molar-refractivity contribution >= 4 is 21.4 Å². The van der Waals surface area contributed by atoms with Gasteiger partial charge in [-0.15, -0.1) is 11.3 Å². The highest BCUT2D eigenvalue weighted by Crippen LogP contribution is 2.28. The minimum Gasteiger partial charge on any atom is -0.301 e. The van der Waals surface area contributed by atoms with Gasteiger partial charge in [-0.05, 0) is 57.5 Å². The van der Waals surface area contributed by atoms with E-state index in [2.05, 4.69) is 26.7 Å². The Kier molecular flexibility index (Phi) is 6.80. The standard InChI is InChI=1S/C18H26N4O3S2/c1-14(22-12-4-2-3-5-13-22)10-11-19-27(24,25)18-9-7-16(26-18)15-6-8-17(23)21-20-15/h6-9,14,19H,2-5,10-13H2,1H3,(H,21,23). The predicted molar refractivity (Wildman–Crippen MR) is 107 cm³/mol. The van der Waals surface area contributed by atoms with Gasteiger partial charge in [0.1, 0.15) is 9.90 Å². The molecule has 0 amide bonds. The van der Waals surface area contributed by atoms with E-state index >= 15 is 0 Å². The van der Waals surface area contributed by atoms with Crippen molar-refractivity contribution in [3.63, 3.8) is 0 Å². The minimum absolute atomic E-state index is 0.257. The van der Waals surface area contributed by atoms with E-state index in [1.165, 1.54) is 31.7 Å². The first kappa shape index (κ1) is 20.2. The molecule has 1 aliphatic rings. The van der Waals surface area contributed by atoms with Gasteiger partial charge >= 0.3 is 0 Å². The van der Waals surface area contributed by atoms with Gasteiger partial charge in [-0.2, -0.15) is 5.10 Å². The third-order valence-corrected chi connectivity index (χ3v) is 7.96. The quantitative estimate of drug-likeness (QED) is 0.731. The number of aromatic nitrogens is 2. The Bertz CT molecular complexity index is 879. The monoisotopic (exact) mass is 410 g/mol. The van der Waals surface area contributed by atoms with E-state index in [1.54, 1.807) is 18.2 Å². The number of likely N-dealkylation sites (tertiary alicyclic amines) is 1. The second-order valence-corrected chi connectivity index (χ2v) is 9.99. The minimum atomic E-state index is -3.54. The fourth-order valence-corrected chi connectivity index (χ4v) is 5.64. The molecule has 0 aromatic carbocycles. The Hall–Kier alpha value is -1.55. The first-order valence-electron chi connectivity index (χ1n) is 9.35. The van der Waals surface area contributed by atoms with Gasteiger partial charge in [0.15, 0.2) is 0 Å². The van der Waals surface area contributed by atoms with Crippen LogP contribution in [0.3, 0.4) is 0 Å². The summed E-state index contributed by atoms with van der Waals surface area (Å²) in [7, 11) is -3.54. The summed E-state index contributed by atoms with van der Waals surface area (Å²) in [5, 5.41) is 6.30. The third kappa shape index (κ3) is 5.47. The van der Waals surface area contributed by atoms with Crippen LogP contribution in [-0.2, 0) is 10.0 Å². The lowest BCUT2D eigenvalue weighted by molar-refractivity contribution is 0.208. The number of hydrogen-bond acceptors (Lipinski definition) is 6. The number of nitrogens with one attached hydrogen (secondary N) is 2. The Morgan fingerprint density at radius 2 is 1.93 bits per heavy atom. The molecule has 1 fully saturated rings. The van der Waals surface area contributed by atoms with Gasteiger partial charge in [0, 0.05) is 18.7 Å². The molecule has 1 saturated heterocycles. The van der Waals surface area contributed by atoms with Crippen molar-refractivity contribution in [3.05, 3.63) is 34.6 Å². The summed E-state index contributed by atoms with van der Waals surface area (Å²) in [5.74, 6) is 0. The molecule has 0 aliphatic carbocycles. The second-order valence-electron chi connectivity index (χ2n) is 6.91. The largest absolute Gasteiger partial charge is 0.301 e. The highest BCUT2D eigenvalue weighted by atomic mass is 32.2. The Balaban J connectivity index is 1.57. The number of hydrogen-bond donors (Lipinski definition) is 2. The average Bonchev–Trinajstić information content (AvgIpc) is 2.99. The van der Waals surface area contributed by atoms with E-state index in [0.717, 1.165) is 30.8 Å². The van der Waals surface area contributed by atoms with Gasteiger partial charge in [-0.1, -0.05) is 12.8 Å². The van der Waals surface area contributed by atoms with Crippen LogP contribution in [0.4, 0.5) is 0 Å². The fourth-order valence-electron chi connectivity index (χ4n) is 3.28. The highest BCUT2D eigenvalue weighted by molar-refractivity contribution is 7.91. The normalized spacial score (nSPS) is 17.5. The molecule has 0 spiro atoms. The number of nitrogens with zero attached hydrogens (tertiary/aromatic N) is 2. The number of sulfonamides is 1. The van der Waals surface area contributed by atoms with Gasteiger partial charge in [0.25, 0.3) is 5.56 Å². The Morgan fingerprint density at radius 3 is 2.59 bits per heavy atom. The van der Waals surface area contributed by atoms with E-state index in [1.807, 2.05) is 0 Å². The molecule has 0 bridgehead atoms. The zero-order chi connectivity index (χ0) is 19.3. The molecule has 3 rings (SSSR count). The second kappa shape index (κ2) is 9.09. The summed E-state index contributed by atoms with van der Waals surface area (Å²) in [4.78, 5) is 14.3. The van der Waals surface area contributed by atoms with Crippen LogP contribution in [0.15, 0.2) is 33.3 Å². The van der Waals surface area contributed by atoms with Gasteiger partial charge in [-0.25, -0.2) is 18.2 Å². The van der Waals surface area contributed by atoms with Crippen LogP contribution in [0.5, 0.6) is 0 Å². The lowest BCUT2D eigenvalue weighted by Crippen LogP contribution is -2.37. The molecule has 7 nitrogen and oxygen atoms in total. The number of rotatable bonds is 7. The Labute approximate surface area is 163 Å². The topological polar surface area (TPSA) is 95.2 Å². The maximum absolute atomic E-state index is 12.6. The van der Waals surface area contributed by atoms with E-state index < -0.39 is 10.0 Å². The SMILES string of the molecule is CC(CCNS(=O)(=O)c1ccc(-c2ccc(=O)[nH]n2)s1)N1CCCCCC1. The summed E-state index contributed by atoms with van der Waals surface area (Å²) >= 11 is 1.14. The maximum Gasteiger partial charge on any atom is 0.264 e. The Morgan fingerprint density at radius 1 is 1.19 bits per heavy atom. The summed E-state index contributed by atoms with van der Waals surface area (Å²) in [6.07, 6.45) is 5.83. The molecular weight excluding hydrogens is 384 g/mol. The van der Waals surface area contributed by atoms with E-state index in [4.69, 9.17) is 0 Å². The molecule has 2 aromatic rings. The lowest BCUT2D eigenvalue weighted by Gasteiger charge is -2.27. The molecule has 1 aliphatic heterocycles. The van der Waals surface area contributed by atoms with E-state index in [0.29, 0.717) is 23.2 Å². The van der Waals surface area contributed by atoms with Crippen molar-refractivity contribution in [2.75, 3.05) is 19.6 Å². The molecule has 0 saturated carbocycles. The van der Waals surface area contributed by atoms with Gasteiger partial charge in [-0.3, -0.25) is 4.79 Å². The molecule has 148 valence electrons. The van der Waals surface area contributed by atoms with Crippen LogP contribution in [0.1, 0.15) is 39.0 Å². The molecule has 3 heterocycles. The van der Waals surface area contributed by atoms with Gasteiger partial charge in [0.2, 0.25) is 10.0 Å². The van der Waals surface area contributed by atoms with E-state index in [9.17, 15) is 13.2 Å². The van der Waals surface area contributed by atoms with Gasteiger partial charge in [0.05, 0.1) is 4.88 Å².